The Labute approximate surface area is 176 Å². The van der Waals surface area contributed by atoms with Crippen molar-refractivity contribution < 1.29 is 0 Å². The molecule has 2 fully saturated rings. The van der Waals surface area contributed by atoms with E-state index in [-0.39, 0.29) is 0 Å². The number of halogens is 2. The molecule has 4 rings (SSSR count). The maximum atomic E-state index is 2.76. The summed E-state index contributed by atoms with van der Waals surface area (Å²) in [4.78, 5) is 0. The third-order valence-electron chi connectivity index (χ3n) is 6.28. The molecule has 0 amide bonds. The quantitative estimate of drug-likeness (QED) is 0.322. The molecule has 0 radical (unpaired) electrons. The van der Waals surface area contributed by atoms with Crippen LogP contribution in [0.1, 0.15) is 87.2 Å². The molecular weight excluding hydrogens is 542 g/mol. The van der Waals surface area contributed by atoms with Gasteiger partial charge in [0.05, 0.1) is 0 Å². The Morgan fingerprint density at radius 1 is 0.538 bits per heavy atom. The second-order valence-electron chi connectivity index (χ2n) is 8.01. The molecule has 140 valence electrons. The number of hydrogen-bond donors (Lipinski definition) is 0. The van der Waals surface area contributed by atoms with Gasteiger partial charge in [-0.15, -0.1) is 0 Å². The van der Waals surface area contributed by atoms with E-state index in [9.17, 15) is 0 Å². The third kappa shape index (κ3) is 4.65. The Balaban J connectivity index is 1.43. The van der Waals surface area contributed by atoms with Crippen molar-refractivity contribution in [3.63, 3.8) is 0 Å². The first-order valence-corrected chi connectivity index (χ1v) is 18.8. The average Bonchev–Trinajstić information content (AvgIpc) is 2.75. The van der Waals surface area contributed by atoms with Gasteiger partial charge in [-0.3, -0.25) is 0 Å². The zero-order chi connectivity index (χ0) is 17.8. The molecule has 0 aliphatic heterocycles. The van der Waals surface area contributed by atoms with Gasteiger partial charge in [-0.25, -0.2) is 0 Å². The van der Waals surface area contributed by atoms with Gasteiger partial charge >= 0.3 is 177 Å². The van der Waals surface area contributed by atoms with Crippen molar-refractivity contribution in [2.24, 2.45) is 0 Å². The van der Waals surface area contributed by atoms with Crippen molar-refractivity contribution in [1.29, 1.82) is 0 Å². The number of rotatable bonds is 4. The van der Waals surface area contributed by atoms with Crippen molar-refractivity contribution in [2.75, 3.05) is 0 Å². The molecule has 0 heterocycles. The van der Waals surface area contributed by atoms with Crippen LogP contribution in [-0.2, 0) is 0 Å². The summed E-state index contributed by atoms with van der Waals surface area (Å²) in [6.07, 6.45) is 14.2. The van der Waals surface area contributed by atoms with Gasteiger partial charge in [-0.05, 0) is 0 Å². The molecule has 2 heteroatoms. The molecule has 0 nitrogen and oxygen atoms in total. The molecule has 0 atom stereocenters. The number of hydrogen-bond acceptors (Lipinski definition) is 0. The van der Waals surface area contributed by atoms with Crippen LogP contribution in [0.15, 0.2) is 48.5 Å². The zero-order valence-electron chi connectivity index (χ0n) is 15.6. The van der Waals surface area contributed by atoms with Crippen LogP contribution in [0.4, 0.5) is 0 Å². The van der Waals surface area contributed by atoms with Crippen LogP contribution in [0.2, 0.25) is 0 Å². The summed E-state index contributed by atoms with van der Waals surface area (Å²) in [5, 5.41) is 0. The monoisotopic (exact) mass is 572 g/mol. The Kier molecular flexibility index (Phi) is 6.95. The van der Waals surface area contributed by atoms with E-state index < -0.39 is 15.8 Å². The minimum atomic E-state index is -1.27. The summed E-state index contributed by atoms with van der Waals surface area (Å²) in [5.74, 6) is 1.65. The molecular formula is C24H30I2. The first-order chi connectivity index (χ1) is 12.8. The van der Waals surface area contributed by atoms with Gasteiger partial charge in [0.2, 0.25) is 0 Å². The van der Waals surface area contributed by atoms with E-state index in [4.69, 9.17) is 0 Å². The fourth-order valence-corrected chi connectivity index (χ4v) is 11.0. The van der Waals surface area contributed by atoms with Crippen LogP contribution in [0.25, 0.3) is 0 Å². The van der Waals surface area contributed by atoms with Crippen LogP contribution >= 0.6 is 34.5 Å². The molecule has 2 aromatic rings. The summed E-state index contributed by atoms with van der Waals surface area (Å²) < 4.78 is 3.19. The molecule has 2 aliphatic carbocycles. The fourth-order valence-electron chi connectivity index (χ4n) is 4.69. The maximum absolute atomic E-state index is 2.76. The summed E-state index contributed by atoms with van der Waals surface area (Å²) >= 11 is 1.49. The molecule has 26 heavy (non-hydrogen) atoms. The average molecular weight is 572 g/mol. The first kappa shape index (κ1) is 19.2. The summed E-state index contributed by atoms with van der Waals surface area (Å²) in [6.45, 7) is 0. The van der Waals surface area contributed by atoms with Gasteiger partial charge in [0.15, 0.2) is 0 Å². The summed E-state index contributed by atoms with van der Waals surface area (Å²) in [7, 11) is 0. The van der Waals surface area contributed by atoms with Gasteiger partial charge in [0, 0.05) is 0 Å². The van der Waals surface area contributed by atoms with E-state index in [1.54, 1.807) is 18.3 Å². The van der Waals surface area contributed by atoms with Crippen LogP contribution in [-0.4, -0.2) is 0 Å². The van der Waals surface area contributed by atoms with E-state index in [2.05, 4.69) is 67.1 Å². The Bertz CT molecular complexity index is 616. The minimum absolute atomic E-state index is 0.823. The number of benzene rings is 2. The van der Waals surface area contributed by atoms with Gasteiger partial charge < -0.3 is 0 Å². The van der Waals surface area contributed by atoms with Gasteiger partial charge in [0.1, 0.15) is 0 Å². The third-order valence-corrected chi connectivity index (χ3v) is 16.2. The molecule has 0 spiro atoms. The molecule has 0 N–H and O–H groups in total. The zero-order valence-corrected chi connectivity index (χ0v) is 19.9. The Morgan fingerprint density at radius 3 is 1.23 bits per heavy atom. The van der Waals surface area contributed by atoms with E-state index in [0.717, 1.165) is 11.8 Å². The molecule has 0 bridgehead atoms. The van der Waals surface area contributed by atoms with E-state index >= 15 is 0 Å². The fraction of sp³-hybridized carbons (Fsp3) is 0.500. The van der Waals surface area contributed by atoms with Crippen molar-refractivity contribution in [1.82, 2.24) is 0 Å². The molecule has 2 aliphatic rings. The van der Waals surface area contributed by atoms with Crippen molar-refractivity contribution in [2.45, 2.75) is 76.0 Å². The molecule has 0 unspecified atom stereocenters. The molecule has 0 aromatic heterocycles. The van der Waals surface area contributed by atoms with Crippen LogP contribution < -0.4 is 0 Å². The van der Waals surface area contributed by atoms with Crippen LogP contribution in [0, 0.1) is 7.14 Å². The van der Waals surface area contributed by atoms with Crippen molar-refractivity contribution in [3.05, 3.63) is 66.8 Å². The summed E-state index contributed by atoms with van der Waals surface area (Å²) in [5.41, 5.74) is 3.17. The van der Waals surface area contributed by atoms with Crippen LogP contribution in [0.5, 0.6) is 0 Å². The van der Waals surface area contributed by atoms with E-state index in [1.165, 1.54) is 64.2 Å². The van der Waals surface area contributed by atoms with Crippen molar-refractivity contribution in [3.8, 4) is 0 Å². The van der Waals surface area contributed by atoms with Crippen LogP contribution in [0.3, 0.4) is 0 Å². The summed E-state index contributed by atoms with van der Waals surface area (Å²) in [6, 6.07) is 19.5. The standard InChI is InChI=1S/C24H30I2/c25-26(23-15-11-21(12-16-23)19-7-3-1-4-8-19)24-17-13-22(14-18-24)20-9-5-2-6-10-20/h11-20H,1-10H2. The second kappa shape index (κ2) is 9.40. The van der Waals surface area contributed by atoms with E-state index in [1.807, 2.05) is 0 Å². The van der Waals surface area contributed by atoms with Gasteiger partial charge in [-0.1, -0.05) is 0 Å². The second-order valence-corrected chi connectivity index (χ2v) is 17.3. The topological polar surface area (TPSA) is 0 Å². The van der Waals surface area contributed by atoms with Gasteiger partial charge in [0.25, 0.3) is 0 Å². The first-order valence-electron chi connectivity index (χ1n) is 10.4. The molecule has 0 saturated heterocycles. The molecule has 2 saturated carbocycles. The SMILES string of the molecule is II(c1ccc(C2CCCCC2)cc1)c1ccc(C2CCCCC2)cc1. The Hall–Kier alpha value is -0.1000. The Morgan fingerprint density at radius 2 is 0.885 bits per heavy atom. The predicted molar refractivity (Wildman–Crippen MR) is 130 cm³/mol. The predicted octanol–water partition coefficient (Wildman–Crippen LogP) is 8.68. The van der Waals surface area contributed by atoms with Gasteiger partial charge in [-0.2, -0.15) is 0 Å². The molecule has 2 aromatic carbocycles. The van der Waals surface area contributed by atoms with E-state index in [0.29, 0.717) is 0 Å². The van der Waals surface area contributed by atoms with Crippen molar-refractivity contribution >= 4 is 34.5 Å². The normalized spacial score (nSPS) is 20.1.